The molecule has 0 heterocycles. The SMILES string of the molecule is CCCN(CC(=O)NC)Cc1cc([N+](=O)[O-])ccc1N. The van der Waals surface area contributed by atoms with Gasteiger partial charge >= 0.3 is 0 Å². The largest absolute Gasteiger partial charge is 0.398 e. The fraction of sp³-hybridized carbons (Fsp3) is 0.462. The molecule has 1 aromatic carbocycles. The minimum Gasteiger partial charge on any atom is -0.398 e. The number of nitrogens with one attached hydrogen (secondary N) is 1. The van der Waals surface area contributed by atoms with Crippen LogP contribution in [0.1, 0.15) is 18.9 Å². The second-order valence-corrected chi connectivity index (χ2v) is 4.52. The van der Waals surface area contributed by atoms with Gasteiger partial charge in [0.1, 0.15) is 0 Å². The van der Waals surface area contributed by atoms with Crippen LogP contribution in [0.5, 0.6) is 0 Å². The molecule has 0 radical (unpaired) electrons. The van der Waals surface area contributed by atoms with Gasteiger partial charge in [-0.1, -0.05) is 6.92 Å². The van der Waals surface area contributed by atoms with Gasteiger partial charge in [0.05, 0.1) is 11.5 Å². The van der Waals surface area contributed by atoms with Gasteiger partial charge in [-0.15, -0.1) is 0 Å². The van der Waals surface area contributed by atoms with Crippen molar-refractivity contribution < 1.29 is 9.72 Å². The number of nitrogens with zero attached hydrogens (tertiary/aromatic N) is 2. The second kappa shape index (κ2) is 7.44. The van der Waals surface area contributed by atoms with Gasteiger partial charge in [0.25, 0.3) is 5.69 Å². The number of amides is 1. The molecular weight excluding hydrogens is 260 g/mol. The molecule has 0 unspecified atom stereocenters. The Morgan fingerprint density at radius 1 is 1.50 bits per heavy atom. The zero-order chi connectivity index (χ0) is 15.1. The summed E-state index contributed by atoms with van der Waals surface area (Å²) in [6.45, 7) is 3.38. The number of rotatable bonds is 7. The van der Waals surface area contributed by atoms with Crippen LogP contribution in [0.15, 0.2) is 18.2 Å². The Labute approximate surface area is 117 Å². The molecule has 1 aromatic rings. The smallest absolute Gasteiger partial charge is 0.269 e. The van der Waals surface area contributed by atoms with Crippen LogP contribution < -0.4 is 11.1 Å². The summed E-state index contributed by atoms with van der Waals surface area (Å²) in [6.07, 6.45) is 0.881. The number of carbonyl (C=O) groups is 1. The number of anilines is 1. The molecule has 0 aliphatic carbocycles. The fourth-order valence-corrected chi connectivity index (χ4v) is 1.90. The summed E-state index contributed by atoms with van der Waals surface area (Å²) >= 11 is 0. The molecule has 0 aromatic heterocycles. The Hall–Kier alpha value is -2.15. The molecule has 0 aliphatic heterocycles. The number of carbonyl (C=O) groups excluding carboxylic acids is 1. The number of nitrogen functional groups attached to an aromatic ring is 1. The maximum absolute atomic E-state index is 11.5. The summed E-state index contributed by atoms with van der Waals surface area (Å²) in [5.74, 6) is -0.0950. The Balaban J connectivity index is 2.89. The Bertz CT molecular complexity index is 491. The van der Waals surface area contributed by atoms with Crippen LogP contribution >= 0.6 is 0 Å². The summed E-state index contributed by atoms with van der Waals surface area (Å²) in [5, 5.41) is 13.4. The highest BCUT2D eigenvalue weighted by Crippen LogP contribution is 2.21. The standard InChI is InChI=1S/C13H20N4O3/c1-3-6-16(9-13(18)15-2)8-10-7-11(17(19)20)4-5-12(10)14/h4-5,7H,3,6,8-9,14H2,1-2H3,(H,15,18). The zero-order valence-corrected chi connectivity index (χ0v) is 11.8. The van der Waals surface area contributed by atoms with E-state index in [1.165, 1.54) is 18.2 Å². The molecule has 110 valence electrons. The van der Waals surface area contributed by atoms with E-state index in [0.29, 0.717) is 17.8 Å². The van der Waals surface area contributed by atoms with Crippen LogP contribution in [0.2, 0.25) is 0 Å². The van der Waals surface area contributed by atoms with E-state index in [4.69, 9.17) is 5.73 Å². The molecule has 0 saturated carbocycles. The average molecular weight is 280 g/mol. The van der Waals surface area contributed by atoms with Crippen molar-refractivity contribution in [3.8, 4) is 0 Å². The van der Waals surface area contributed by atoms with Gasteiger partial charge < -0.3 is 11.1 Å². The van der Waals surface area contributed by atoms with Crippen LogP contribution in [-0.2, 0) is 11.3 Å². The highest BCUT2D eigenvalue weighted by molar-refractivity contribution is 5.77. The monoisotopic (exact) mass is 280 g/mol. The van der Waals surface area contributed by atoms with E-state index in [-0.39, 0.29) is 18.1 Å². The Morgan fingerprint density at radius 2 is 2.20 bits per heavy atom. The van der Waals surface area contributed by atoms with Crippen LogP contribution in [0, 0.1) is 10.1 Å². The van der Waals surface area contributed by atoms with Crippen molar-refractivity contribution in [2.45, 2.75) is 19.9 Å². The van der Waals surface area contributed by atoms with E-state index in [1.807, 2.05) is 11.8 Å². The van der Waals surface area contributed by atoms with Crippen LogP contribution in [0.25, 0.3) is 0 Å². The van der Waals surface area contributed by atoms with Gasteiger partial charge in [0.2, 0.25) is 5.91 Å². The minimum atomic E-state index is -0.453. The van der Waals surface area contributed by atoms with E-state index in [1.54, 1.807) is 7.05 Å². The number of hydrogen-bond acceptors (Lipinski definition) is 5. The van der Waals surface area contributed by atoms with Gasteiger partial charge in [-0.3, -0.25) is 19.8 Å². The van der Waals surface area contributed by atoms with Crippen molar-refractivity contribution in [2.24, 2.45) is 0 Å². The van der Waals surface area contributed by atoms with Gasteiger partial charge in [0, 0.05) is 31.4 Å². The third kappa shape index (κ3) is 4.51. The van der Waals surface area contributed by atoms with E-state index in [9.17, 15) is 14.9 Å². The lowest BCUT2D eigenvalue weighted by Crippen LogP contribution is -2.35. The summed E-state index contributed by atoms with van der Waals surface area (Å²) in [4.78, 5) is 23.7. The average Bonchev–Trinajstić information content (AvgIpc) is 2.41. The molecule has 1 rings (SSSR count). The quantitative estimate of drug-likeness (QED) is 0.443. The third-order valence-corrected chi connectivity index (χ3v) is 2.92. The van der Waals surface area contributed by atoms with Crippen molar-refractivity contribution in [1.29, 1.82) is 0 Å². The van der Waals surface area contributed by atoms with Crippen LogP contribution in [0.4, 0.5) is 11.4 Å². The molecular formula is C13H20N4O3. The molecule has 0 fully saturated rings. The molecule has 0 saturated heterocycles. The number of benzene rings is 1. The van der Waals surface area contributed by atoms with Crippen molar-refractivity contribution in [3.05, 3.63) is 33.9 Å². The normalized spacial score (nSPS) is 10.6. The summed E-state index contributed by atoms with van der Waals surface area (Å²) in [7, 11) is 1.58. The number of nitrogens with two attached hydrogens (primary N) is 1. The summed E-state index contributed by atoms with van der Waals surface area (Å²) in [6, 6.07) is 4.36. The number of non-ortho nitro benzene ring substituents is 1. The van der Waals surface area contributed by atoms with Crippen molar-refractivity contribution in [3.63, 3.8) is 0 Å². The second-order valence-electron chi connectivity index (χ2n) is 4.52. The lowest BCUT2D eigenvalue weighted by molar-refractivity contribution is -0.384. The minimum absolute atomic E-state index is 0.00518. The lowest BCUT2D eigenvalue weighted by Gasteiger charge is -2.21. The number of likely N-dealkylation sites (N-methyl/N-ethyl adjacent to an activating group) is 1. The van der Waals surface area contributed by atoms with E-state index in [0.717, 1.165) is 13.0 Å². The first-order valence-electron chi connectivity index (χ1n) is 6.43. The molecule has 3 N–H and O–H groups in total. The molecule has 0 bridgehead atoms. The van der Waals surface area contributed by atoms with Gasteiger partial charge in [-0.05, 0) is 24.6 Å². The highest BCUT2D eigenvalue weighted by Gasteiger charge is 2.14. The number of hydrogen-bond donors (Lipinski definition) is 2. The topological polar surface area (TPSA) is 102 Å². The van der Waals surface area contributed by atoms with Gasteiger partial charge in [-0.2, -0.15) is 0 Å². The zero-order valence-electron chi connectivity index (χ0n) is 11.8. The van der Waals surface area contributed by atoms with E-state index >= 15 is 0 Å². The lowest BCUT2D eigenvalue weighted by atomic mass is 10.1. The summed E-state index contributed by atoms with van der Waals surface area (Å²) < 4.78 is 0. The van der Waals surface area contributed by atoms with Crippen molar-refractivity contribution in [2.75, 3.05) is 25.9 Å². The molecule has 7 heteroatoms. The maximum Gasteiger partial charge on any atom is 0.269 e. The third-order valence-electron chi connectivity index (χ3n) is 2.92. The first-order valence-corrected chi connectivity index (χ1v) is 6.43. The summed E-state index contributed by atoms with van der Waals surface area (Å²) in [5.41, 5.74) is 7.01. The van der Waals surface area contributed by atoms with E-state index < -0.39 is 4.92 Å². The predicted molar refractivity (Wildman–Crippen MR) is 77.1 cm³/mol. The van der Waals surface area contributed by atoms with Crippen LogP contribution in [0.3, 0.4) is 0 Å². The number of nitro benzene ring substituents is 1. The Kier molecular flexibility index (Phi) is 5.92. The molecule has 20 heavy (non-hydrogen) atoms. The predicted octanol–water partition coefficient (Wildman–Crippen LogP) is 1.13. The van der Waals surface area contributed by atoms with Gasteiger partial charge in [0.15, 0.2) is 0 Å². The van der Waals surface area contributed by atoms with Crippen LogP contribution in [-0.4, -0.2) is 35.9 Å². The Morgan fingerprint density at radius 3 is 2.75 bits per heavy atom. The van der Waals surface area contributed by atoms with Crippen molar-refractivity contribution >= 4 is 17.3 Å². The highest BCUT2D eigenvalue weighted by atomic mass is 16.6. The first kappa shape index (κ1) is 15.9. The first-order chi connectivity index (χ1) is 9.47. The van der Waals surface area contributed by atoms with Gasteiger partial charge in [-0.25, -0.2) is 0 Å². The maximum atomic E-state index is 11.5. The molecule has 0 spiro atoms. The fourth-order valence-electron chi connectivity index (χ4n) is 1.90. The van der Waals surface area contributed by atoms with Crippen molar-refractivity contribution in [1.82, 2.24) is 10.2 Å². The van der Waals surface area contributed by atoms with E-state index in [2.05, 4.69) is 5.32 Å². The molecule has 0 aliphatic rings. The molecule has 1 amide bonds. The molecule has 7 nitrogen and oxygen atoms in total. The molecule has 0 atom stereocenters. The number of nitro groups is 1.